The van der Waals surface area contributed by atoms with E-state index in [1.807, 2.05) is 0 Å². The second-order valence-corrected chi connectivity index (χ2v) is 22.9. The van der Waals surface area contributed by atoms with Crippen LogP contribution >= 0.6 is 0 Å². The van der Waals surface area contributed by atoms with Crippen molar-refractivity contribution in [1.29, 1.82) is 0 Å². The van der Waals surface area contributed by atoms with Crippen molar-refractivity contribution in [2.75, 3.05) is 13.2 Å². The van der Waals surface area contributed by atoms with Gasteiger partial charge in [-0.05, 0) is 61.2 Å². The van der Waals surface area contributed by atoms with Gasteiger partial charge >= 0.3 is 6.16 Å². The molecular formula is C29H44N2O9Si2. The molecule has 2 aromatic rings. The first-order valence-electron chi connectivity index (χ1n) is 13.9. The highest BCUT2D eigenvalue weighted by Crippen LogP contribution is 2.38. The Morgan fingerprint density at radius 1 is 0.690 bits per heavy atom. The Hall–Kier alpha value is -3.14. The molecule has 232 valence electrons. The first-order valence-corrected chi connectivity index (χ1v) is 19.7. The quantitative estimate of drug-likeness (QED) is 0.0754. The Bertz CT molecular complexity index is 1200. The van der Waals surface area contributed by atoms with Crippen molar-refractivity contribution >= 4 is 34.2 Å². The van der Waals surface area contributed by atoms with Crippen LogP contribution in [-0.4, -0.2) is 45.9 Å². The first kappa shape index (κ1) is 35.1. The summed E-state index contributed by atoms with van der Waals surface area (Å²) in [7, 11) is -4.14. The van der Waals surface area contributed by atoms with Crippen LogP contribution in [0.4, 0.5) is 16.2 Å². The molecule has 0 spiro atoms. The van der Waals surface area contributed by atoms with Crippen molar-refractivity contribution < 1.29 is 33.0 Å². The van der Waals surface area contributed by atoms with Gasteiger partial charge in [-0.1, -0.05) is 41.5 Å². The third kappa shape index (κ3) is 9.44. The Morgan fingerprint density at radius 2 is 1.02 bits per heavy atom. The molecule has 42 heavy (non-hydrogen) atoms. The average Bonchev–Trinajstić information content (AvgIpc) is 2.84. The van der Waals surface area contributed by atoms with Crippen molar-refractivity contribution in [1.82, 2.24) is 0 Å². The van der Waals surface area contributed by atoms with Crippen molar-refractivity contribution in [3.05, 3.63) is 67.8 Å². The normalized spacial score (nSPS) is 12.6. The lowest BCUT2D eigenvalue weighted by atomic mass is 10.1. The van der Waals surface area contributed by atoms with Crippen LogP contribution in [0.5, 0.6) is 11.5 Å². The lowest BCUT2D eigenvalue weighted by molar-refractivity contribution is -0.385. The van der Waals surface area contributed by atoms with E-state index >= 15 is 0 Å². The van der Waals surface area contributed by atoms with E-state index in [0.29, 0.717) is 24.3 Å². The number of nitrogens with zero attached hydrogens (tertiary/aromatic N) is 2. The fraction of sp³-hybridized carbons (Fsp3) is 0.552. The van der Waals surface area contributed by atoms with Crippen LogP contribution in [0.25, 0.3) is 0 Å². The van der Waals surface area contributed by atoms with Gasteiger partial charge in [-0.25, -0.2) is 4.79 Å². The molecule has 11 nitrogen and oxygen atoms in total. The topological polar surface area (TPSA) is 140 Å². The van der Waals surface area contributed by atoms with Gasteiger partial charge in [0.1, 0.15) is 11.5 Å². The van der Waals surface area contributed by atoms with Crippen LogP contribution in [0.3, 0.4) is 0 Å². The van der Waals surface area contributed by atoms with Crippen LogP contribution in [0, 0.1) is 20.2 Å². The molecule has 0 unspecified atom stereocenters. The van der Waals surface area contributed by atoms with Crippen molar-refractivity contribution in [3.8, 4) is 11.5 Å². The first-order chi connectivity index (χ1) is 19.1. The number of hydrogen-bond donors (Lipinski definition) is 0. The summed E-state index contributed by atoms with van der Waals surface area (Å²) < 4.78 is 23.4. The summed E-state index contributed by atoms with van der Waals surface area (Å²) in [5, 5.41) is 22.8. The molecule has 0 radical (unpaired) electrons. The second-order valence-electron chi connectivity index (χ2n) is 13.3. The summed E-state index contributed by atoms with van der Waals surface area (Å²) in [6.07, 6.45) is -0.509. The Labute approximate surface area is 250 Å². The monoisotopic (exact) mass is 620 g/mol. The smallest absolute Gasteiger partial charge is 0.416 e. The number of hydrogen-bond acceptors (Lipinski definition) is 9. The zero-order chi connectivity index (χ0) is 32.1. The van der Waals surface area contributed by atoms with Crippen LogP contribution in [-0.2, 0) is 21.7 Å². The number of rotatable bonds is 12. The van der Waals surface area contributed by atoms with Crippen LogP contribution in [0.1, 0.15) is 52.7 Å². The van der Waals surface area contributed by atoms with Crippen molar-refractivity contribution in [3.63, 3.8) is 0 Å². The Balaban J connectivity index is 2.25. The van der Waals surface area contributed by atoms with Crippen molar-refractivity contribution in [2.45, 2.75) is 90.6 Å². The minimum atomic E-state index is -2.07. The number of benzene rings is 2. The molecule has 0 amide bonds. The summed E-state index contributed by atoms with van der Waals surface area (Å²) in [5.41, 5.74) is 0.563. The van der Waals surface area contributed by atoms with E-state index in [2.05, 4.69) is 67.7 Å². The van der Waals surface area contributed by atoms with Crippen LogP contribution in [0.2, 0.25) is 36.3 Å². The fourth-order valence-electron chi connectivity index (χ4n) is 3.41. The maximum absolute atomic E-state index is 12.9. The number of nitro groups is 2. The summed E-state index contributed by atoms with van der Waals surface area (Å²) in [6.45, 7) is 21.7. The summed E-state index contributed by atoms with van der Waals surface area (Å²) >= 11 is 0. The Kier molecular flexibility index (Phi) is 11.2. The van der Waals surface area contributed by atoms with E-state index in [4.69, 9.17) is 18.3 Å². The van der Waals surface area contributed by atoms with Crippen LogP contribution in [0.15, 0.2) is 36.4 Å². The molecule has 0 fully saturated rings. The average molecular weight is 621 g/mol. The van der Waals surface area contributed by atoms with E-state index in [1.165, 1.54) is 36.4 Å². The molecule has 0 heterocycles. The van der Waals surface area contributed by atoms with Gasteiger partial charge in [0.15, 0.2) is 16.6 Å². The predicted molar refractivity (Wildman–Crippen MR) is 167 cm³/mol. The molecule has 0 N–H and O–H groups in total. The minimum Gasteiger partial charge on any atom is -0.416 e. The number of carbonyl (C=O) groups excluding carboxylic acids is 1. The van der Waals surface area contributed by atoms with Crippen molar-refractivity contribution in [2.24, 2.45) is 0 Å². The molecule has 0 aromatic heterocycles. The van der Waals surface area contributed by atoms with Gasteiger partial charge < -0.3 is 18.3 Å². The molecule has 0 aliphatic carbocycles. The van der Waals surface area contributed by atoms with Gasteiger partial charge in [0, 0.05) is 48.6 Å². The van der Waals surface area contributed by atoms with Gasteiger partial charge in [0.2, 0.25) is 0 Å². The van der Waals surface area contributed by atoms with Gasteiger partial charge in [0.25, 0.3) is 11.4 Å². The molecule has 0 saturated carbocycles. The van der Waals surface area contributed by atoms with E-state index < -0.39 is 32.6 Å². The Morgan fingerprint density at radius 3 is 1.31 bits per heavy atom. The van der Waals surface area contributed by atoms with E-state index in [9.17, 15) is 25.0 Å². The molecule has 2 aromatic carbocycles. The number of ether oxygens (including phenoxy) is 2. The number of nitro benzene ring substituents is 2. The highest BCUT2D eigenvalue weighted by molar-refractivity contribution is 6.74. The zero-order valence-corrected chi connectivity index (χ0v) is 28.4. The van der Waals surface area contributed by atoms with E-state index in [1.54, 1.807) is 0 Å². The lowest BCUT2D eigenvalue weighted by Gasteiger charge is -2.36. The SMILES string of the molecule is CC(C)(C)[Si](C)(C)OCCc1cc([N+](=O)[O-])ccc1OC(=O)Oc1ccc([N+](=O)[O-])cc1CCO[Si](C)(C)C(C)(C)C. The lowest BCUT2D eigenvalue weighted by Crippen LogP contribution is -2.41. The predicted octanol–water partition coefficient (Wildman–Crippen LogP) is 8.21. The second kappa shape index (κ2) is 13.4. The molecule has 0 aliphatic heterocycles. The largest absolute Gasteiger partial charge is 0.519 e. The molecule has 2 rings (SSSR count). The summed E-state index contributed by atoms with van der Waals surface area (Å²) in [4.78, 5) is 34.7. The highest BCUT2D eigenvalue weighted by Gasteiger charge is 2.38. The molecule has 0 saturated heterocycles. The minimum absolute atomic E-state index is 0.0169. The summed E-state index contributed by atoms with van der Waals surface area (Å²) in [6, 6.07) is 7.91. The van der Waals surface area contributed by atoms with Gasteiger partial charge in [-0.3, -0.25) is 20.2 Å². The van der Waals surface area contributed by atoms with Gasteiger partial charge in [0.05, 0.1) is 9.85 Å². The molecule has 0 bridgehead atoms. The standard InChI is InChI=1S/C29H44N2O9Si2/c1-28(2,3)41(7,8)37-17-15-21-19-23(30(33)34)11-13-25(21)39-27(32)40-26-14-12-24(31(35)36)20-22(26)16-18-38-42(9,10)29(4,5)6/h11-14,19-20H,15-18H2,1-10H3. The molecule has 0 aliphatic rings. The maximum Gasteiger partial charge on any atom is 0.519 e. The van der Waals surface area contributed by atoms with Crippen LogP contribution < -0.4 is 9.47 Å². The van der Waals surface area contributed by atoms with Gasteiger partial charge in [-0.2, -0.15) is 0 Å². The van der Waals surface area contributed by atoms with Gasteiger partial charge in [-0.15, -0.1) is 0 Å². The van der Waals surface area contributed by atoms with E-state index in [-0.39, 0.29) is 45.8 Å². The third-order valence-electron chi connectivity index (χ3n) is 8.18. The molecular weight excluding hydrogens is 576 g/mol. The third-order valence-corrected chi connectivity index (χ3v) is 17.3. The number of non-ortho nitro benzene ring substituents is 2. The highest BCUT2D eigenvalue weighted by atomic mass is 28.4. The van der Waals surface area contributed by atoms with E-state index in [0.717, 1.165) is 0 Å². The maximum atomic E-state index is 12.9. The molecule has 13 heteroatoms. The summed E-state index contributed by atoms with van der Waals surface area (Å²) in [5.74, 6) is 0.211. The number of carbonyl (C=O) groups is 1. The fourth-order valence-corrected chi connectivity index (χ4v) is 5.51. The zero-order valence-electron chi connectivity index (χ0n) is 26.4. The molecule has 0 atom stereocenters.